The van der Waals surface area contributed by atoms with Gasteiger partial charge in [-0.15, -0.1) is 5.10 Å². The Morgan fingerprint density at radius 3 is 2.30 bits per heavy atom. The van der Waals surface area contributed by atoms with Crippen molar-refractivity contribution < 1.29 is 44.3 Å². The van der Waals surface area contributed by atoms with E-state index in [4.69, 9.17) is 15.2 Å². The standard InChI is InChI=1S/C29H43N5O9/c1-15(2)23-19(27(33-32-23)43-28-26(40)25(39)24(38)20(14-35)42-28)12-18-10-8-17(9-11-18)6-5-7-22(37)34(16(3)4)29(41)31-13-21(30)36/h8-11,15-16,20,24-26,28,35,38-40H,5-7,12-14H2,1-4H3,(H2,30,36)(H,31,41)(H,32,33)/t20-,24-,25+,26-,28+/m1/s1. The van der Waals surface area contributed by atoms with E-state index in [-0.39, 0.29) is 36.7 Å². The Hall–Kier alpha value is -3.56. The minimum atomic E-state index is -1.57. The van der Waals surface area contributed by atoms with Crippen molar-refractivity contribution in [2.24, 2.45) is 5.73 Å². The Balaban J connectivity index is 1.64. The molecule has 8 N–H and O–H groups in total. The highest BCUT2D eigenvalue weighted by Gasteiger charge is 2.45. The molecule has 1 fully saturated rings. The van der Waals surface area contributed by atoms with Crippen molar-refractivity contribution in [2.45, 2.75) is 96.0 Å². The average Bonchev–Trinajstić information content (AvgIpc) is 3.35. The van der Waals surface area contributed by atoms with Crippen LogP contribution in [0.4, 0.5) is 4.79 Å². The minimum Gasteiger partial charge on any atom is -0.443 e. The number of hydrogen-bond donors (Lipinski definition) is 7. The number of primary amides is 1. The van der Waals surface area contributed by atoms with Gasteiger partial charge in [-0.2, -0.15) is 0 Å². The van der Waals surface area contributed by atoms with Crippen LogP contribution in [0.15, 0.2) is 24.3 Å². The van der Waals surface area contributed by atoms with Crippen LogP contribution in [0, 0.1) is 0 Å². The van der Waals surface area contributed by atoms with Gasteiger partial charge in [0.1, 0.15) is 24.4 Å². The highest BCUT2D eigenvalue weighted by atomic mass is 16.7. The second kappa shape index (κ2) is 15.3. The first-order valence-electron chi connectivity index (χ1n) is 14.3. The smallest absolute Gasteiger partial charge is 0.324 e. The molecule has 2 aromatic rings. The van der Waals surface area contributed by atoms with E-state index in [0.29, 0.717) is 19.3 Å². The van der Waals surface area contributed by atoms with Gasteiger partial charge >= 0.3 is 6.03 Å². The molecule has 43 heavy (non-hydrogen) atoms. The second-order valence-electron chi connectivity index (χ2n) is 11.2. The summed E-state index contributed by atoms with van der Waals surface area (Å²) in [4.78, 5) is 37.1. The molecule has 4 amide bonds. The van der Waals surface area contributed by atoms with Gasteiger partial charge in [0.05, 0.1) is 13.2 Å². The van der Waals surface area contributed by atoms with Crippen LogP contribution in [0.5, 0.6) is 5.88 Å². The van der Waals surface area contributed by atoms with Crippen molar-refractivity contribution in [2.75, 3.05) is 13.2 Å². The number of rotatable bonds is 13. The number of aromatic nitrogens is 2. The van der Waals surface area contributed by atoms with E-state index in [1.165, 1.54) is 0 Å². The number of imide groups is 1. The van der Waals surface area contributed by atoms with Crippen LogP contribution in [0.1, 0.15) is 68.8 Å². The first-order chi connectivity index (χ1) is 20.3. The Morgan fingerprint density at radius 2 is 1.72 bits per heavy atom. The highest BCUT2D eigenvalue weighted by molar-refractivity contribution is 5.96. The zero-order chi connectivity index (χ0) is 31.8. The van der Waals surface area contributed by atoms with Crippen LogP contribution in [0.2, 0.25) is 0 Å². The van der Waals surface area contributed by atoms with Gasteiger partial charge in [0.2, 0.25) is 24.0 Å². The van der Waals surface area contributed by atoms with Crippen molar-refractivity contribution in [3.05, 3.63) is 46.6 Å². The monoisotopic (exact) mass is 605 g/mol. The maximum Gasteiger partial charge on any atom is 0.324 e. The van der Waals surface area contributed by atoms with Gasteiger partial charge in [0, 0.05) is 30.1 Å². The molecule has 2 heterocycles. The SMILES string of the molecule is CC(C)c1[nH]nc(O[C@@H]2O[C@H](CO)[C@@H](O)[C@H](O)[C@H]2O)c1Cc1ccc(CCCC(=O)N(C(=O)NCC(N)=O)C(C)C)cc1. The number of nitrogens with one attached hydrogen (secondary N) is 2. The summed E-state index contributed by atoms with van der Waals surface area (Å²) in [6, 6.07) is 6.76. The average molecular weight is 606 g/mol. The third-order valence-electron chi connectivity index (χ3n) is 7.19. The molecule has 0 spiro atoms. The summed E-state index contributed by atoms with van der Waals surface area (Å²) < 4.78 is 11.3. The van der Waals surface area contributed by atoms with Crippen LogP contribution in [-0.4, -0.2) is 103 Å². The molecule has 1 aromatic carbocycles. The Kier molecular flexibility index (Phi) is 12.0. The molecule has 1 aromatic heterocycles. The van der Waals surface area contributed by atoms with Crippen LogP contribution in [0.25, 0.3) is 0 Å². The number of ether oxygens (including phenoxy) is 2. The van der Waals surface area contributed by atoms with E-state index in [1.807, 2.05) is 38.1 Å². The van der Waals surface area contributed by atoms with E-state index >= 15 is 0 Å². The predicted molar refractivity (Wildman–Crippen MR) is 154 cm³/mol. The zero-order valence-corrected chi connectivity index (χ0v) is 24.9. The summed E-state index contributed by atoms with van der Waals surface area (Å²) >= 11 is 0. The number of urea groups is 1. The normalized spacial score (nSPS) is 22.0. The fraction of sp³-hybridized carbons (Fsp3) is 0.586. The van der Waals surface area contributed by atoms with Crippen LogP contribution in [0.3, 0.4) is 0 Å². The van der Waals surface area contributed by atoms with Crippen molar-refractivity contribution in [1.82, 2.24) is 20.4 Å². The van der Waals surface area contributed by atoms with Gasteiger partial charge in [-0.05, 0) is 43.7 Å². The van der Waals surface area contributed by atoms with Crippen molar-refractivity contribution in [3.63, 3.8) is 0 Å². The lowest BCUT2D eigenvalue weighted by molar-refractivity contribution is -0.278. The number of aryl methyl sites for hydroxylation is 1. The van der Waals surface area contributed by atoms with Crippen molar-refractivity contribution in [1.29, 1.82) is 0 Å². The molecule has 1 saturated heterocycles. The van der Waals surface area contributed by atoms with Crippen LogP contribution >= 0.6 is 0 Å². The molecule has 14 nitrogen and oxygen atoms in total. The Labute approximate surface area is 250 Å². The molecule has 14 heteroatoms. The molecule has 0 saturated carbocycles. The molecule has 0 bridgehead atoms. The fourth-order valence-corrected chi connectivity index (χ4v) is 4.86. The molecular formula is C29H43N5O9. The molecule has 0 unspecified atom stereocenters. The number of aliphatic hydroxyl groups excluding tert-OH is 4. The van der Waals surface area contributed by atoms with Crippen molar-refractivity contribution >= 4 is 17.8 Å². The number of carbonyl (C=O) groups excluding carboxylic acids is 3. The predicted octanol–water partition coefficient (Wildman–Crippen LogP) is 0.0572. The molecule has 1 aliphatic heterocycles. The lowest BCUT2D eigenvalue weighted by atomic mass is 9.97. The van der Waals surface area contributed by atoms with Gasteiger partial charge in [-0.25, -0.2) is 4.79 Å². The van der Waals surface area contributed by atoms with Crippen molar-refractivity contribution in [3.8, 4) is 5.88 Å². The van der Waals surface area contributed by atoms with Gasteiger partial charge in [-0.1, -0.05) is 38.1 Å². The molecule has 1 aliphatic rings. The minimum absolute atomic E-state index is 0.0646. The Bertz CT molecular complexity index is 1230. The van der Waals surface area contributed by atoms with E-state index < -0.39 is 49.3 Å². The molecule has 0 aliphatic carbocycles. The summed E-state index contributed by atoms with van der Waals surface area (Å²) in [5.41, 5.74) is 8.56. The van der Waals surface area contributed by atoms with Gasteiger partial charge in [0.25, 0.3) is 0 Å². The fourth-order valence-electron chi connectivity index (χ4n) is 4.86. The van der Waals surface area contributed by atoms with Gasteiger partial charge in [-0.3, -0.25) is 19.6 Å². The Morgan fingerprint density at radius 1 is 1.07 bits per heavy atom. The molecule has 3 rings (SSSR count). The number of benzene rings is 1. The lowest BCUT2D eigenvalue weighted by Gasteiger charge is -2.39. The third-order valence-corrected chi connectivity index (χ3v) is 7.19. The first-order valence-corrected chi connectivity index (χ1v) is 14.3. The van der Waals surface area contributed by atoms with E-state index in [9.17, 15) is 34.8 Å². The number of nitrogens with zero attached hydrogens (tertiary/aromatic N) is 2. The van der Waals surface area contributed by atoms with Crippen LogP contribution < -0.4 is 15.8 Å². The highest BCUT2D eigenvalue weighted by Crippen LogP contribution is 2.31. The molecule has 0 radical (unpaired) electrons. The van der Waals surface area contributed by atoms with Crippen LogP contribution in [-0.2, 0) is 27.2 Å². The van der Waals surface area contributed by atoms with E-state index in [1.54, 1.807) is 13.8 Å². The zero-order valence-electron chi connectivity index (χ0n) is 24.9. The second-order valence-corrected chi connectivity index (χ2v) is 11.2. The summed E-state index contributed by atoms with van der Waals surface area (Å²) in [5, 5.41) is 49.6. The maximum absolute atomic E-state index is 12.7. The summed E-state index contributed by atoms with van der Waals surface area (Å²) in [6.07, 6.45) is -5.39. The topological polar surface area (TPSA) is 221 Å². The van der Waals surface area contributed by atoms with Gasteiger partial charge in [0.15, 0.2) is 0 Å². The molecule has 238 valence electrons. The number of aromatic amines is 1. The van der Waals surface area contributed by atoms with E-state index in [0.717, 1.165) is 27.3 Å². The number of nitrogens with two attached hydrogens (primary N) is 1. The number of amides is 4. The first kappa shape index (κ1) is 33.9. The summed E-state index contributed by atoms with van der Waals surface area (Å²) in [7, 11) is 0. The maximum atomic E-state index is 12.7. The quantitative estimate of drug-likeness (QED) is 0.163. The van der Waals surface area contributed by atoms with E-state index in [2.05, 4.69) is 15.5 Å². The largest absolute Gasteiger partial charge is 0.443 e. The summed E-state index contributed by atoms with van der Waals surface area (Å²) in [5.74, 6) is -0.805. The number of H-pyrrole nitrogens is 1. The number of hydrogen-bond acceptors (Lipinski definition) is 10. The molecule has 5 atom stereocenters. The third kappa shape index (κ3) is 8.74. The number of aliphatic hydroxyl groups is 4. The lowest BCUT2D eigenvalue weighted by Crippen LogP contribution is -2.60. The number of carbonyl (C=O) groups is 3. The summed E-state index contributed by atoms with van der Waals surface area (Å²) in [6.45, 7) is 6.48. The molecular weight excluding hydrogens is 562 g/mol. The van der Waals surface area contributed by atoms with Gasteiger partial charge < -0.3 is 41.0 Å².